The number of hydrogen-bond acceptors (Lipinski definition) is 0. The lowest BCUT2D eigenvalue weighted by Crippen LogP contribution is -2.05. The number of benzene rings is 2. The number of halogens is 5. The van der Waals surface area contributed by atoms with Crippen LogP contribution in [0.2, 0.25) is 0 Å². The molecular weight excluding hydrogens is 275 g/mol. The van der Waals surface area contributed by atoms with Gasteiger partial charge in [-0.15, -0.1) is 0 Å². The van der Waals surface area contributed by atoms with Crippen molar-refractivity contribution >= 4 is 0 Å². The van der Waals surface area contributed by atoms with Gasteiger partial charge in [-0.25, -0.2) is 8.78 Å². The lowest BCUT2D eigenvalue weighted by molar-refractivity contribution is -0.137. The SMILES string of the molecule is Cc1ccc(C(F)(F)F)cc1-c1cc(F)cc(F)c1C. The van der Waals surface area contributed by atoms with Gasteiger partial charge < -0.3 is 0 Å². The second-order valence-electron chi connectivity index (χ2n) is 4.59. The maximum absolute atomic E-state index is 13.5. The van der Waals surface area contributed by atoms with Crippen LogP contribution in [0.1, 0.15) is 16.7 Å². The van der Waals surface area contributed by atoms with Crippen molar-refractivity contribution in [2.24, 2.45) is 0 Å². The van der Waals surface area contributed by atoms with E-state index in [0.29, 0.717) is 11.6 Å². The first-order valence-corrected chi connectivity index (χ1v) is 5.84. The molecule has 0 atom stereocenters. The molecule has 0 unspecified atom stereocenters. The van der Waals surface area contributed by atoms with Crippen molar-refractivity contribution in [3.05, 3.63) is 58.7 Å². The zero-order chi connectivity index (χ0) is 15.1. The lowest BCUT2D eigenvalue weighted by atomic mass is 9.94. The van der Waals surface area contributed by atoms with Crippen LogP contribution in [0.3, 0.4) is 0 Å². The van der Waals surface area contributed by atoms with E-state index in [0.717, 1.165) is 18.2 Å². The van der Waals surface area contributed by atoms with E-state index in [-0.39, 0.29) is 16.7 Å². The molecule has 0 saturated carbocycles. The molecule has 2 rings (SSSR count). The Morgan fingerprint density at radius 3 is 2.10 bits per heavy atom. The Bertz CT molecular complexity index is 656. The van der Waals surface area contributed by atoms with Gasteiger partial charge in [0.2, 0.25) is 0 Å². The first-order chi connectivity index (χ1) is 9.20. The Kier molecular flexibility index (Phi) is 3.54. The fourth-order valence-electron chi connectivity index (χ4n) is 2.01. The summed E-state index contributed by atoms with van der Waals surface area (Å²) in [5.74, 6) is -1.60. The first kappa shape index (κ1) is 14.5. The molecule has 0 fully saturated rings. The largest absolute Gasteiger partial charge is 0.416 e. The van der Waals surface area contributed by atoms with Gasteiger partial charge in [0.25, 0.3) is 0 Å². The molecule has 0 heterocycles. The van der Waals surface area contributed by atoms with Gasteiger partial charge in [0.05, 0.1) is 5.56 Å². The summed E-state index contributed by atoms with van der Waals surface area (Å²) in [7, 11) is 0. The molecule has 0 saturated heterocycles. The summed E-state index contributed by atoms with van der Waals surface area (Å²) in [6, 6.07) is 4.91. The van der Waals surface area contributed by atoms with Crippen LogP contribution in [0.5, 0.6) is 0 Å². The van der Waals surface area contributed by atoms with Gasteiger partial charge in [-0.05, 0) is 54.3 Å². The molecule has 20 heavy (non-hydrogen) atoms. The average Bonchev–Trinajstić information content (AvgIpc) is 2.33. The summed E-state index contributed by atoms with van der Waals surface area (Å²) in [6.07, 6.45) is -4.50. The molecule has 0 aromatic heterocycles. The monoisotopic (exact) mass is 286 g/mol. The Morgan fingerprint density at radius 2 is 1.50 bits per heavy atom. The maximum atomic E-state index is 13.5. The summed E-state index contributed by atoms with van der Waals surface area (Å²) in [6.45, 7) is 3.00. The van der Waals surface area contributed by atoms with Crippen LogP contribution >= 0.6 is 0 Å². The number of hydrogen-bond donors (Lipinski definition) is 0. The molecule has 0 nitrogen and oxygen atoms in total. The van der Waals surface area contributed by atoms with Crippen LogP contribution in [0.15, 0.2) is 30.3 Å². The van der Waals surface area contributed by atoms with Crippen LogP contribution < -0.4 is 0 Å². The van der Waals surface area contributed by atoms with Crippen LogP contribution in [0, 0.1) is 25.5 Å². The second-order valence-corrected chi connectivity index (χ2v) is 4.59. The molecule has 106 valence electrons. The van der Waals surface area contributed by atoms with E-state index in [2.05, 4.69) is 0 Å². The van der Waals surface area contributed by atoms with E-state index in [1.165, 1.54) is 13.0 Å². The van der Waals surface area contributed by atoms with Crippen LogP contribution in [0.4, 0.5) is 22.0 Å². The molecule has 0 spiro atoms. The maximum Gasteiger partial charge on any atom is 0.416 e. The Labute approximate surface area is 112 Å². The fraction of sp³-hybridized carbons (Fsp3) is 0.200. The van der Waals surface area contributed by atoms with Gasteiger partial charge in [0.1, 0.15) is 11.6 Å². The van der Waals surface area contributed by atoms with Crippen LogP contribution in [0.25, 0.3) is 11.1 Å². The highest BCUT2D eigenvalue weighted by molar-refractivity contribution is 5.71. The molecule has 0 aliphatic rings. The molecule has 0 radical (unpaired) electrons. The van der Waals surface area contributed by atoms with Crippen molar-refractivity contribution in [3.8, 4) is 11.1 Å². The number of aryl methyl sites for hydroxylation is 1. The predicted octanol–water partition coefficient (Wildman–Crippen LogP) is 5.27. The van der Waals surface area contributed by atoms with Gasteiger partial charge in [0, 0.05) is 6.07 Å². The molecule has 2 aromatic carbocycles. The van der Waals surface area contributed by atoms with E-state index in [9.17, 15) is 22.0 Å². The quantitative estimate of drug-likeness (QED) is 0.627. The Morgan fingerprint density at radius 1 is 0.850 bits per heavy atom. The Balaban J connectivity index is 2.70. The van der Waals surface area contributed by atoms with E-state index >= 15 is 0 Å². The van der Waals surface area contributed by atoms with E-state index in [1.54, 1.807) is 6.92 Å². The predicted molar refractivity (Wildman–Crippen MR) is 66.3 cm³/mol. The average molecular weight is 286 g/mol. The minimum Gasteiger partial charge on any atom is -0.207 e. The van der Waals surface area contributed by atoms with Gasteiger partial charge in [-0.1, -0.05) is 6.07 Å². The zero-order valence-corrected chi connectivity index (χ0v) is 10.8. The second kappa shape index (κ2) is 4.89. The summed E-state index contributed by atoms with van der Waals surface area (Å²) in [5, 5.41) is 0. The standard InChI is InChI=1S/C15H11F5/c1-8-3-4-10(15(18,19)20)5-12(8)13-6-11(16)7-14(17)9(13)2/h3-7H,1-2H3. The highest BCUT2D eigenvalue weighted by Gasteiger charge is 2.31. The zero-order valence-electron chi connectivity index (χ0n) is 10.8. The molecule has 0 aliphatic heterocycles. The van der Waals surface area contributed by atoms with E-state index in [4.69, 9.17) is 0 Å². The lowest BCUT2D eigenvalue weighted by Gasteiger charge is -2.14. The third kappa shape index (κ3) is 2.66. The topological polar surface area (TPSA) is 0 Å². The molecule has 0 N–H and O–H groups in total. The molecule has 2 aromatic rings. The summed E-state index contributed by atoms with van der Waals surface area (Å²) < 4.78 is 65.0. The highest BCUT2D eigenvalue weighted by Crippen LogP contribution is 2.35. The van der Waals surface area contributed by atoms with Crippen molar-refractivity contribution in [2.75, 3.05) is 0 Å². The van der Waals surface area contributed by atoms with Crippen LogP contribution in [-0.2, 0) is 6.18 Å². The third-order valence-corrected chi connectivity index (χ3v) is 3.16. The fourth-order valence-corrected chi connectivity index (χ4v) is 2.01. The van der Waals surface area contributed by atoms with Gasteiger partial charge in [0.15, 0.2) is 0 Å². The van der Waals surface area contributed by atoms with E-state index in [1.807, 2.05) is 0 Å². The van der Waals surface area contributed by atoms with Crippen molar-refractivity contribution in [1.29, 1.82) is 0 Å². The van der Waals surface area contributed by atoms with Crippen LogP contribution in [-0.4, -0.2) is 0 Å². The molecular formula is C15H11F5. The van der Waals surface area contributed by atoms with Crippen molar-refractivity contribution in [1.82, 2.24) is 0 Å². The van der Waals surface area contributed by atoms with Gasteiger partial charge >= 0.3 is 6.18 Å². The molecule has 0 amide bonds. The van der Waals surface area contributed by atoms with Crippen molar-refractivity contribution < 1.29 is 22.0 Å². The minimum absolute atomic E-state index is 0.119. The number of rotatable bonds is 1. The van der Waals surface area contributed by atoms with Crippen molar-refractivity contribution in [2.45, 2.75) is 20.0 Å². The first-order valence-electron chi connectivity index (χ1n) is 5.84. The molecule has 0 bridgehead atoms. The minimum atomic E-state index is -4.50. The molecule has 0 aliphatic carbocycles. The Hall–Kier alpha value is -1.91. The summed E-state index contributed by atoms with van der Waals surface area (Å²) in [5.41, 5.74) is 0.101. The number of alkyl halides is 3. The normalized spacial score (nSPS) is 11.8. The summed E-state index contributed by atoms with van der Waals surface area (Å²) in [4.78, 5) is 0. The van der Waals surface area contributed by atoms with Gasteiger partial charge in [-0.3, -0.25) is 0 Å². The van der Waals surface area contributed by atoms with E-state index < -0.39 is 23.4 Å². The van der Waals surface area contributed by atoms with Crippen molar-refractivity contribution in [3.63, 3.8) is 0 Å². The highest BCUT2D eigenvalue weighted by atomic mass is 19.4. The van der Waals surface area contributed by atoms with Gasteiger partial charge in [-0.2, -0.15) is 13.2 Å². The smallest absolute Gasteiger partial charge is 0.207 e. The third-order valence-electron chi connectivity index (χ3n) is 3.16. The molecule has 5 heteroatoms. The summed E-state index contributed by atoms with van der Waals surface area (Å²) >= 11 is 0.